The predicted octanol–water partition coefficient (Wildman–Crippen LogP) is 4.25. The summed E-state index contributed by atoms with van der Waals surface area (Å²) in [5.41, 5.74) is 1.91. The number of benzene rings is 2. The van der Waals surface area contributed by atoms with Crippen LogP contribution in [0.25, 0.3) is 6.08 Å². The van der Waals surface area contributed by atoms with Gasteiger partial charge in [0, 0.05) is 12.1 Å². The number of aromatic hydroxyl groups is 1. The first-order chi connectivity index (χ1) is 13.1. The molecule has 27 heavy (non-hydrogen) atoms. The minimum atomic E-state index is -0.183. The Morgan fingerprint density at radius 3 is 2.56 bits per heavy atom. The number of nitrogens with zero attached hydrogens (tertiary/aromatic N) is 1. The Labute approximate surface area is 159 Å². The third-order valence-corrected chi connectivity index (χ3v) is 4.70. The number of carbonyl (C=O) groups excluding carboxylic acids is 1. The van der Waals surface area contributed by atoms with Crippen molar-refractivity contribution in [2.24, 2.45) is 0 Å². The van der Waals surface area contributed by atoms with Crippen LogP contribution < -0.4 is 9.47 Å². The van der Waals surface area contributed by atoms with Gasteiger partial charge in [0.05, 0.1) is 17.7 Å². The zero-order valence-corrected chi connectivity index (χ0v) is 16.0. The van der Waals surface area contributed by atoms with Crippen LogP contribution >= 0.6 is 0 Å². The Bertz CT molecular complexity index is 869. The number of carbonyl (C=O) groups is 1. The van der Waals surface area contributed by atoms with Crippen LogP contribution in [0.4, 0.5) is 0 Å². The Hall–Kier alpha value is -2.79. The predicted molar refractivity (Wildman–Crippen MR) is 105 cm³/mol. The van der Waals surface area contributed by atoms with Crippen LogP contribution in [0.2, 0.25) is 0 Å². The van der Waals surface area contributed by atoms with E-state index in [0.29, 0.717) is 35.8 Å². The number of phenolic OH excluding ortho intramolecular Hbond substituents is 1. The van der Waals surface area contributed by atoms with Gasteiger partial charge in [0.2, 0.25) is 5.78 Å². The molecule has 1 heterocycles. The molecule has 1 N–H and O–H groups in total. The minimum Gasteiger partial charge on any atom is -0.507 e. The van der Waals surface area contributed by atoms with Crippen LogP contribution in [0.3, 0.4) is 0 Å². The van der Waals surface area contributed by atoms with E-state index in [4.69, 9.17) is 9.47 Å². The summed E-state index contributed by atoms with van der Waals surface area (Å²) in [6, 6.07) is 10.7. The monoisotopic (exact) mass is 367 g/mol. The van der Waals surface area contributed by atoms with Gasteiger partial charge >= 0.3 is 0 Å². The summed E-state index contributed by atoms with van der Waals surface area (Å²) in [4.78, 5) is 15.0. The molecule has 0 spiro atoms. The lowest BCUT2D eigenvalue weighted by molar-refractivity contribution is 0.101. The highest BCUT2D eigenvalue weighted by molar-refractivity contribution is 6.15. The van der Waals surface area contributed by atoms with Crippen molar-refractivity contribution >= 4 is 11.9 Å². The number of hydrogen-bond donors (Lipinski definition) is 1. The summed E-state index contributed by atoms with van der Waals surface area (Å²) in [5, 5.41) is 10.3. The van der Waals surface area contributed by atoms with Crippen LogP contribution in [0.15, 0.2) is 42.2 Å². The molecule has 142 valence electrons. The number of ether oxygens (including phenoxy) is 2. The molecule has 0 atom stereocenters. The summed E-state index contributed by atoms with van der Waals surface area (Å²) < 4.78 is 11.6. The average Bonchev–Trinajstić information content (AvgIpc) is 2.99. The van der Waals surface area contributed by atoms with Crippen LogP contribution in [0, 0.1) is 0 Å². The quantitative estimate of drug-likeness (QED) is 0.742. The highest BCUT2D eigenvalue weighted by Crippen LogP contribution is 2.40. The fourth-order valence-corrected chi connectivity index (χ4v) is 3.15. The maximum Gasteiger partial charge on any atom is 0.231 e. The molecule has 5 heteroatoms. The van der Waals surface area contributed by atoms with E-state index in [0.717, 1.165) is 18.7 Å². The number of rotatable bonds is 7. The Morgan fingerprint density at radius 1 is 1.11 bits per heavy atom. The third-order valence-electron chi connectivity index (χ3n) is 4.70. The van der Waals surface area contributed by atoms with Crippen molar-refractivity contribution in [2.45, 2.75) is 27.3 Å². The molecule has 1 aliphatic heterocycles. The Kier molecular flexibility index (Phi) is 5.81. The van der Waals surface area contributed by atoms with E-state index in [1.165, 1.54) is 0 Å². The van der Waals surface area contributed by atoms with Gasteiger partial charge in [-0.05, 0) is 44.3 Å². The van der Waals surface area contributed by atoms with E-state index in [-0.39, 0.29) is 17.3 Å². The number of Topliss-reactive ketones (excluding diaryl/α,β-unsaturated/α-hetero) is 1. The molecule has 0 fully saturated rings. The lowest BCUT2D eigenvalue weighted by Gasteiger charge is -2.20. The second-order valence-electron chi connectivity index (χ2n) is 6.31. The lowest BCUT2D eigenvalue weighted by atomic mass is 10.0. The smallest absolute Gasteiger partial charge is 0.231 e. The van der Waals surface area contributed by atoms with Gasteiger partial charge in [-0.25, -0.2) is 0 Å². The number of phenols is 1. The molecule has 0 aromatic heterocycles. The third kappa shape index (κ3) is 3.83. The van der Waals surface area contributed by atoms with E-state index >= 15 is 0 Å². The summed E-state index contributed by atoms with van der Waals surface area (Å²) in [6.45, 7) is 8.79. The SMILES string of the molecule is CCOc1ccccc1C=C1Oc2c(ccc(O)c2CN(CC)CC)C1=O. The number of allylic oxidation sites excluding steroid dienone is 1. The van der Waals surface area contributed by atoms with Crippen molar-refractivity contribution in [1.82, 2.24) is 4.90 Å². The normalized spacial score (nSPS) is 14.5. The first kappa shape index (κ1) is 19.0. The van der Waals surface area contributed by atoms with Crippen molar-refractivity contribution in [1.29, 1.82) is 0 Å². The maximum absolute atomic E-state index is 12.8. The molecule has 0 bridgehead atoms. The van der Waals surface area contributed by atoms with E-state index in [1.807, 2.05) is 31.2 Å². The largest absolute Gasteiger partial charge is 0.507 e. The minimum absolute atomic E-state index is 0.143. The molecule has 0 amide bonds. The molecule has 0 aliphatic carbocycles. The van der Waals surface area contributed by atoms with Gasteiger partial charge < -0.3 is 14.6 Å². The number of para-hydroxylation sites is 1. The summed E-state index contributed by atoms with van der Waals surface area (Å²) in [7, 11) is 0. The highest BCUT2D eigenvalue weighted by Gasteiger charge is 2.31. The second-order valence-corrected chi connectivity index (χ2v) is 6.31. The molecule has 0 radical (unpaired) electrons. The van der Waals surface area contributed by atoms with E-state index < -0.39 is 0 Å². The molecule has 2 aromatic carbocycles. The van der Waals surface area contributed by atoms with Gasteiger partial charge in [-0.1, -0.05) is 32.0 Å². The van der Waals surface area contributed by atoms with Gasteiger partial charge in [0.25, 0.3) is 0 Å². The molecular weight excluding hydrogens is 342 g/mol. The van der Waals surface area contributed by atoms with Crippen LogP contribution in [0.1, 0.15) is 42.3 Å². The Morgan fingerprint density at radius 2 is 1.85 bits per heavy atom. The molecule has 0 unspecified atom stereocenters. The van der Waals surface area contributed by atoms with Crippen molar-refractivity contribution in [3.8, 4) is 17.2 Å². The van der Waals surface area contributed by atoms with Crippen molar-refractivity contribution < 1.29 is 19.4 Å². The van der Waals surface area contributed by atoms with Crippen LogP contribution in [0.5, 0.6) is 17.2 Å². The highest BCUT2D eigenvalue weighted by atomic mass is 16.5. The Balaban J connectivity index is 1.98. The number of hydrogen-bond acceptors (Lipinski definition) is 5. The van der Waals surface area contributed by atoms with E-state index in [2.05, 4.69) is 18.7 Å². The molecule has 0 saturated heterocycles. The fraction of sp³-hybridized carbons (Fsp3) is 0.318. The second kappa shape index (κ2) is 8.27. The molecule has 2 aromatic rings. The first-order valence-corrected chi connectivity index (χ1v) is 9.32. The number of fused-ring (bicyclic) bond motifs is 1. The van der Waals surface area contributed by atoms with Gasteiger partial charge in [0.1, 0.15) is 17.2 Å². The maximum atomic E-state index is 12.8. The first-order valence-electron chi connectivity index (χ1n) is 9.32. The summed E-state index contributed by atoms with van der Waals surface area (Å²) >= 11 is 0. The lowest BCUT2D eigenvalue weighted by Crippen LogP contribution is -2.22. The van der Waals surface area contributed by atoms with Gasteiger partial charge in [-0.15, -0.1) is 0 Å². The average molecular weight is 367 g/mol. The van der Waals surface area contributed by atoms with E-state index in [9.17, 15) is 9.90 Å². The van der Waals surface area contributed by atoms with Gasteiger partial charge in [-0.2, -0.15) is 0 Å². The molecule has 3 rings (SSSR count). The summed E-state index contributed by atoms with van der Waals surface area (Å²) in [5.74, 6) is 1.35. The van der Waals surface area contributed by atoms with Crippen molar-refractivity contribution in [3.05, 3.63) is 58.8 Å². The fourth-order valence-electron chi connectivity index (χ4n) is 3.15. The van der Waals surface area contributed by atoms with E-state index in [1.54, 1.807) is 18.2 Å². The zero-order valence-electron chi connectivity index (χ0n) is 16.0. The molecule has 0 saturated carbocycles. The molecule has 1 aliphatic rings. The standard InChI is InChI=1S/C22H25NO4/c1-4-23(5-2)14-17-18(24)12-11-16-21(25)20(27-22(16)17)13-15-9-7-8-10-19(15)26-6-3/h7-13,24H,4-6,14H2,1-3H3. The van der Waals surface area contributed by atoms with Crippen LogP contribution in [-0.4, -0.2) is 35.5 Å². The van der Waals surface area contributed by atoms with Gasteiger partial charge in [-0.3, -0.25) is 9.69 Å². The number of ketones is 1. The van der Waals surface area contributed by atoms with Crippen molar-refractivity contribution in [3.63, 3.8) is 0 Å². The molecular formula is C22H25NO4. The molecule has 5 nitrogen and oxygen atoms in total. The van der Waals surface area contributed by atoms with Crippen molar-refractivity contribution in [2.75, 3.05) is 19.7 Å². The van der Waals surface area contributed by atoms with Gasteiger partial charge in [0.15, 0.2) is 5.76 Å². The van der Waals surface area contributed by atoms with Crippen LogP contribution in [-0.2, 0) is 6.54 Å². The summed E-state index contributed by atoms with van der Waals surface area (Å²) in [6.07, 6.45) is 1.70. The zero-order chi connectivity index (χ0) is 19.4. The topological polar surface area (TPSA) is 59.0 Å².